The van der Waals surface area contributed by atoms with Crippen LogP contribution in [0.3, 0.4) is 0 Å². The summed E-state index contributed by atoms with van der Waals surface area (Å²) in [7, 11) is 1.63. The van der Waals surface area contributed by atoms with E-state index < -0.39 is 29.9 Å². The van der Waals surface area contributed by atoms with E-state index in [1.165, 1.54) is 0 Å². The van der Waals surface area contributed by atoms with E-state index in [9.17, 15) is 14.4 Å². The monoisotopic (exact) mass is 584 g/mol. The Morgan fingerprint density at radius 1 is 0.614 bits per heavy atom. The average Bonchev–Trinajstić information content (AvgIpc) is 3.05. The molecule has 0 spiro atoms. The number of ether oxygens (including phenoxy) is 4. The standard InChI is InChI=1S/C37H28O7/c1-21-22-11-3-5-13-24(22)30(25-14-6-4-12-23(21)25)19-42-35(38)32-34(44-36(32)39)37(40)43-20-31-26-15-7-9-17-28(26)33(41-2)29-18-10-8-16-27(29)31/h3-18,32,34H,19-20H2,1-2H3. The first-order valence-corrected chi connectivity index (χ1v) is 14.4. The molecule has 6 aromatic carbocycles. The minimum Gasteiger partial charge on any atom is -0.495 e. The summed E-state index contributed by atoms with van der Waals surface area (Å²) in [5.41, 5.74) is 2.75. The molecule has 44 heavy (non-hydrogen) atoms. The van der Waals surface area contributed by atoms with Gasteiger partial charge in [0.25, 0.3) is 0 Å². The van der Waals surface area contributed by atoms with Crippen molar-refractivity contribution in [2.45, 2.75) is 26.2 Å². The highest BCUT2D eigenvalue weighted by Crippen LogP contribution is 2.39. The van der Waals surface area contributed by atoms with Gasteiger partial charge >= 0.3 is 17.9 Å². The fourth-order valence-electron chi connectivity index (χ4n) is 6.33. The predicted octanol–water partition coefficient (Wildman–Crippen LogP) is 6.94. The van der Waals surface area contributed by atoms with E-state index >= 15 is 0 Å². The van der Waals surface area contributed by atoms with Gasteiger partial charge in [0, 0.05) is 21.9 Å². The Hall–Kier alpha value is -5.43. The molecule has 6 aromatic rings. The van der Waals surface area contributed by atoms with E-state index in [2.05, 4.69) is 6.92 Å². The Balaban J connectivity index is 1.12. The van der Waals surface area contributed by atoms with Crippen LogP contribution >= 0.6 is 0 Å². The van der Waals surface area contributed by atoms with Gasteiger partial charge in [-0.25, -0.2) is 4.79 Å². The van der Waals surface area contributed by atoms with E-state index in [0.29, 0.717) is 0 Å². The Kier molecular flexibility index (Phi) is 6.85. The Bertz CT molecular complexity index is 2020. The first-order valence-electron chi connectivity index (χ1n) is 14.4. The van der Waals surface area contributed by atoms with Crippen LogP contribution in [0.1, 0.15) is 16.7 Å². The van der Waals surface area contributed by atoms with Gasteiger partial charge in [0.2, 0.25) is 12.0 Å². The molecule has 2 atom stereocenters. The van der Waals surface area contributed by atoms with Crippen molar-refractivity contribution >= 4 is 61.0 Å². The summed E-state index contributed by atoms with van der Waals surface area (Å²) in [5, 5.41) is 7.54. The number of benzene rings is 6. The van der Waals surface area contributed by atoms with Crippen molar-refractivity contribution in [2.75, 3.05) is 7.11 Å². The van der Waals surface area contributed by atoms with Crippen LogP contribution in [0.25, 0.3) is 43.1 Å². The number of fused-ring (bicyclic) bond motifs is 4. The maximum Gasteiger partial charge on any atom is 0.349 e. The molecule has 0 saturated carbocycles. The minimum atomic E-state index is -1.39. The van der Waals surface area contributed by atoms with Gasteiger partial charge in [0.1, 0.15) is 19.0 Å². The molecule has 0 bridgehead atoms. The second-order valence-electron chi connectivity index (χ2n) is 10.8. The molecular weight excluding hydrogens is 556 g/mol. The third-order valence-corrected chi connectivity index (χ3v) is 8.51. The van der Waals surface area contributed by atoms with Gasteiger partial charge in [-0.3, -0.25) is 9.59 Å². The number of methoxy groups -OCH3 is 1. The SMILES string of the molecule is COc1c2ccccc2c(COC(=O)C2OC(=O)C2C(=O)OCc2c3ccccc3c(C)c3ccccc23)c2ccccc12. The van der Waals surface area contributed by atoms with Crippen LogP contribution in [0.2, 0.25) is 0 Å². The number of cyclic esters (lactones) is 1. The molecule has 1 aliphatic rings. The molecule has 1 fully saturated rings. The lowest BCUT2D eigenvalue weighted by Gasteiger charge is -2.31. The number of carbonyl (C=O) groups excluding carboxylic acids is 3. The first-order chi connectivity index (χ1) is 21.5. The number of rotatable bonds is 7. The summed E-state index contributed by atoms with van der Waals surface area (Å²) in [6.45, 7) is 1.93. The predicted molar refractivity (Wildman–Crippen MR) is 167 cm³/mol. The number of hydrogen-bond donors (Lipinski definition) is 0. The number of esters is 3. The van der Waals surface area contributed by atoms with Gasteiger partial charge in [0.15, 0.2) is 0 Å². The molecule has 1 heterocycles. The maximum atomic E-state index is 13.2. The summed E-state index contributed by atoms with van der Waals surface area (Å²) < 4.78 is 22.2. The number of carbonyl (C=O) groups is 3. The van der Waals surface area contributed by atoms with E-state index in [-0.39, 0.29) is 13.2 Å². The molecule has 0 aromatic heterocycles. The van der Waals surface area contributed by atoms with E-state index in [1.54, 1.807) is 7.11 Å². The van der Waals surface area contributed by atoms with Gasteiger partial charge in [-0.2, -0.15) is 0 Å². The fraction of sp³-hybridized carbons (Fsp3) is 0.162. The summed E-state index contributed by atoms with van der Waals surface area (Å²) in [4.78, 5) is 38.8. The number of hydrogen-bond acceptors (Lipinski definition) is 7. The smallest absolute Gasteiger partial charge is 0.349 e. The zero-order valence-electron chi connectivity index (χ0n) is 24.2. The largest absolute Gasteiger partial charge is 0.495 e. The molecule has 1 saturated heterocycles. The molecule has 0 aliphatic carbocycles. The van der Waals surface area contributed by atoms with Gasteiger partial charge in [0.05, 0.1) is 7.11 Å². The van der Waals surface area contributed by atoms with E-state index in [1.807, 2.05) is 97.1 Å². The lowest BCUT2D eigenvalue weighted by atomic mass is 9.92. The van der Waals surface area contributed by atoms with Gasteiger partial charge in [-0.15, -0.1) is 0 Å². The molecule has 7 heteroatoms. The molecule has 0 N–H and O–H groups in total. The highest BCUT2D eigenvalue weighted by Gasteiger charge is 2.54. The van der Waals surface area contributed by atoms with E-state index in [0.717, 1.165) is 65.5 Å². The van der Waals surface area contributed by atoms with Crippen molar-refractivity contribution in [2.24, 2.45) is 5.92 Å². The Morgan fingerprint density at radius 2 is 1.00 bits per heavy atom. The zero-order chi connectivity index (χ0) is 30.4. The average molecular weight is 585 g/mol. The van der Waals surface area contributed by atoms with Crippen LogP contribution in [0, 0.1) is 12.8 Å². The van der Waals surface area contributed by atoms with Crippen molar-refractivity contribution in [3.8, 4) is 5.75 Å². The van der Waals surface area contributed by atoms with Crippen LogP contribution in [0.4, 0.5) is 0 Å². The quantitative estimate of drug-likeness (QED) is 0.0869. The number of aryl methyl sites for hydroxylation is 1. The molecular formula is C37H28O7. The van der Waals surface area contributed by atoms with Gasteiger partial charge in [-0.1, -0.05) is 97.1 Å². The van der Waals surface area contributed by atoms with Crippen LogP contribution in [-0.2, 0) is 41.8 Å². The van der Waals surface area contributed by atoms with Crippen LogP contribution in [-0.4, -0.2) is 31.1 Å². The van der Waals surface area contributed by atoms with Crippen LogP contribution < -0.4 is 4.74 Å². The molecule has 218 valence electrons. The Labute approximate surface area is 252 Å². The fourth-order valence-corrected chi connectivity index (χ4v) is 6.33. The second kappa shape index (κ2) is 11.0. The second-order valence-corrected chi connectivity index (χ2v) is 10.8. The minimum absolute atomic E-state index is 0.0600. The zero-order valence-corrected chi connectivity index (χ0v) is 24.2. The van der Waals surface area contributed by atoms with Crippen LogP contribution in [0.5, 0.6) is 5.75 Å². The van der Waals surface area contributed by atoms with E-state index in [4.69, 9.17) is 18.9 Å². The van der Waals surface area contributed by atoms with Crippen LogP contribution in [0.15, 0.2) is 97.1 Å². The molecule has 7 rings (SSSR count). The van der Waals surface area contributed by atoms with Crippen molar-refractivity contribution < 1.29 is 33.3 Å². The third kappa shape index (κ3) is 4.40. The maximum absolute atomic E-state index is 13.2. The lowest BCUT2D eigenvalue weighted by Crippen LogP contribution is -2.54. The molecule has 0 amide bonds. The van der Waals surface area contributed by atoms with Crippen molar-refractivity contribution in [3.63, 3.8) is 0 Å². The normalized spacial score (nSPS) is 16.1. The highest BCUT2D eigenvalue weighted by molar-refractivity contribution is 6.09. The molecule has 2 unspecified atom stereocenters. The van der Waals surface area contributed by atoms with Gasteiger partial charge < -0.3 is 18.9 Å². The molecule has 7 nitrogen and oxygen atoms in total. The first kappa shape index (κ1) is 27.4. The highest BCUT2D eigenvalue weighted by atomic mass is 16.6. The topological polar surface area (TPSA) is 88.1 Å². The van der Waals surface area contributed by atoms with Crippen molar-refractivity contribution in [1.29, 1.82) is 0 Å². The van der Waals surface area contributed by atoms with Gasteiger partial charge in [-0.05, 0) is 44.8 Å². The summed E-state index contributed by atoms with van der Waals surface area (Å²) in [5.74, 6) is -3.10. The van der Waals surface area contributed by atoms with Crippen molar-refractivity contribution in [3.05, 3.63) is 114 Å². The lowest BCUT2D eigenvalue weighted by molar-refractivity contribution is -0.205. The molecule has 0 radical (unpaired) electrons. The summed E-state index contributed by atoms with van der Waals surface area (Å²) in [6, 6.07) is 31.3. The van der Waals surface area contributed by atoms with Crippen molar-refractivity contribution in [1.82, 2.24) is 0 Å². The Morgan fingerprint density at radius 3 is 1.43 bits per heavy atom. The third-order valence-electron chi connectivity index (χ3n) is 8.51. The summed E-state index contributed by atoms with van der Waals surface area (Å²) in [6.07, 6.45) is -1.38. The summed E-state index contributed by atoms with van der Waals surface area (Å²) >= 11 is 0. The molecule has 1 aliphatic heterocycles.